The fraction of sp³-hybridized carbons (Fsp3) is 0.417. The topological polar surface area (TPSA) is 41.1 Å². The molecule has 1 saturated heterocycles. The SMILES string of the molecule is Cc1ccc(NC(=O)[C@@H]2CCCN2)cc1.Cl. The third-order valence-corrected chi connectivity index (χ3v) is 2.70. The van der Waals surface area contributed by atoms with E-state index in [-0.39, 0.29) is 24.4 Å². The van der Waals surface area contributed by atoms with Crippen molar-refractivity contribution in [3.63, 3.8) is 0 Å². The second-order valence-electron chi connectivity index (χ2n) is 4.00. The number of hydrogen-bond acceptors (Lipinski definition) is 2. The van der Waals surface area contributed by atoms with Crippen LogP contribution in [0.15, 0.2) is 24.3 Å². The van der Waals surface area contributed by atoms with Crippen LogP contribution in [-0.4, -0.2) is 18.5 Å². The summed E-state index contributed by atoms with van der Waals surface area (Å²) < 4.78 is 0. The summed E-state index contributed by atoms with van der Waals surface area (Å²) in [6.45, 7) is 2.98. The highest BCUT2D eigenvalue weighted by Crippen LogP contribution is 2.11. The highest BCUT2D eigenvalue weighted by atomic mass is 35.5. The Bertz CT molecular complexity index is 345. The van der Waals surface area contributed by atoms with Gasteiger partial charge in [-0.1, -0.05) is 17.7 Å². The van der Waals surface area contributed by atoms with Crippen LogP contribution in [0.1, 0.15) is 18.4 Å². The van der Waals surface area contributed by atoms with Crippen LogP contribution in [-0.2, 0) is 4.79 Å². The van der Waals surface area contributed by atoms with E-state index >= 15 is 0 Å². The standard InChI is InChI=1S/C12H16N2O.ClH/c1-9-4-6-10(7-5-9)14-12(15)11-3-2-8-13-11;/h4-7,11,13H,2-3,8H2,1H3,(H,14,15);1H/t11-;/m0./s1. The van der Waals surface area contributed by atoms with Crippen LogP contribution < -0.4 is 10.6 Å². The molecule has 1 aliphatic rings. The highest BCUT2D eigenvalue weighted by molar-refractivity contribution is 5.95. The quantitative estimate of drug-likeness (QED) is 0.832. The predicted octanol–water partition coefficient (Wildman–Crippen LogP) is 2.11. The average molecular weight is 241 g/mol. The first kappa shape index (κ1) is 13.0. The van der Waals surface area contributed by atoms with Gasteiger partial charge in [0.25, 0.3) is 0 Å². The van der Waals surface area contributed by atoms with Crippen molar-refractivity contribution in [1.29, 1.82) is 0 Å². The number of aryl methyl sites for hydroxylation is 1. The third-order valence-electron chi connectivity index (χ3n) is 2.70. The Morgan fingerprint density at radius 1 is 1.38 bits per heavy atom. The molecule has 0 aliphatic carbocycles. The van der Waals surface area contributed by atoms with Crippen LogP contribution in [0.25, 0.3) is 0 Å². The van der Waals surface area contributed by atoms with Gasteiger partial charge in [-0.25, -0.2) is 0 Å². The Hall–Kier alpha value is -1.06. The van der Waals surface area contributed by atoms with E-state index in [1.807, 2.05) is 31.2 Å². The van der Waals surface area contributed by atoms with Gasteiger partial charge in [0.1, 0.15) is 0 Å². The molecule has 0 aromatic heterocycles. The summed E-state index contributed by atoms with van der Waals surface area (Å²) in [5, 5.41) is 6.09. The minimum atomic E-state index is -0.00805. The van der Waals surface area contributed by atoms with E-state index in [2.05, 4.69) is 10.6 Å². The predicted molar refractivity (Wildman–Crippen MR) is 68.1 cm³/mol. The van der Waals surface area contributed by atoms with Gasteiger partial charge in [-0.05, 0) is 38.4 Å². The molecule has 4 heteroatoms. The van der Waals surface area contributed by atoms with E-state index in [4.69, 9.17) is 0 Å². The Labute approximate surface area is 102 Å². The van der Waals surface area contributed by atoms with Crippen LogP contribution >= 0.6 is 12.4 Å². The van der Waals surface area contributed by atoms with E-state index in [1.165, 1.54) is 5.56 Å². The number of benzene rings is 1. The lowest BCUT2D eigenvalue weighted by atomic mass is 10.2. The first-order valence-electron chi connectivity index (χ1n) is 5.36. The maximum Gasteiger partial charge on any atom is 0.241 e. The van der Waals surface area contributed by atoms with Gasteiger partial charge in [0, 0.05) is 5.69 Å². The fourth-order valence-corrected chi connectivity index (χ4v) is 1.77. The van der Waals surface area contributed by atoms with Crippen molar-refractivity contribution in [3.05, 3.63) is 29.8 Å². The Kier molecular flexibility index (Phi) is 4.77. The van der Waals surface area contributed by atoms with Gasteiger partial charge in [0.15, 0.2) is 0 Å². The Balaban J connectivity index is 0.00000128. The Morgan fingerprint density at radius 2 is 2.06 bits per heavy atom. The minimum absolute atomic E-state index is 0. The Morgan fingerprint density at radius 3 is 2.62 bits per heavy atom. The summed E-state index contributed by atoms with van der Waals surface area (Å²) in [6.07, 6.45) is 2.03. The molecule has 0 bridgehead atoms. The number of anilines is 1. The largest absolute Gasteiger partial charge is 0.325 e. The highest BCUT2D eigenvalue weighted by Gasteiger charge is 2.21. The molecule has 1 fully saturated rings. The summed E-state index contributed by atoms with van der Waals surface area (Å²) in [4.78, 5) is 11.7. The summed E-state index contributed by atoms with van der Waals surface area (Å²) in [5.74, 6) is 0.0800. The molecule has 1 amide bonds. The molecule has 0 unspecified atom stereocenters. The van der Waals surface area contributed by atoms with Gasteiger partial charge >= 0.3 is 0 Å². The smallest absolute Gasteiger partial charge is 0.241 e. The molecule has 2 N–H and O–H groups in total. The molecule has 88 valence electrons. The average Bonchev–Trinajstić information content (AvgIpc) is 2.74. The molecule has 1 aromatic carbocycles. The number of rotatable bonds is 2. The summed E-state index contributed by atoms with van der Waals surface area (Å²) >= 11 is 0. The third kappa shape index (κ3) is 3.22. The molecule has 1 heterocycles. The van der Waals surface area contributed by atoms with Crippen LogP contribution in [0.4, 0.5) is 5.69 Å². The van der Waals surface area contributed by atoms with Crippen molar-refractivity contribution in [1.82, 2.24) is 5.32 Å². The maximum atomic E-state index is 11.7. The fourth-order valence-electron chi connectivity index (χ4n) is 1.77. The van der Waals surface area contributed by atoms with Crippen molar-refractivity contribution in [2.24, 2.45) is 0 Å². The van der Waals surface area contributed by atoms with Crippen LogP contribution in [0.2, 0.25) is 0 Å². The first-order valence-corrected chi connectivity index (χ1v) is 5.36. The molecular weight excluding hydrogens is 224 g/mol. The molecule has 1 aliphatic heterocycles. The number of carbonyl (C=O) groups excluding carboxylic acids is 1. The van der Waals surface area contributed by atoms with E-state index in [9.17, 15) is 4.79 Å². The molecule has 0 spiro atoms. The molecule has 0 saturated carbocycles. The van der Waals surface area contributed by atoms with Crippen molar-refractivity contribution >= 4 is 24.0 Å². The van der Waals surface area contributed by atoms with E-state index in [0.717, 1.165) is 25.1 Å². The maximum absolute atomic E-state index is 11.7. The van der Waals surface area contributed by atoms with Crippen LogP contribution in [0, 0.1) is 6.92 Å². The molecule has 2 rings (SSSR count). The van der Waals surface area contributed by atoms with E-state index in [0.29, 0.717) is 0 Å². The van der Waals surface area contributed by atoms with Gasteiger partial charge in [-0.3, -0.25) is 4.79 Å². The van der Waals surface area contributed by atoms with Crippen molar-refractivity contribution in [2.75, 3.05) is 11.9 Å². The summed E-state index contributed by atoms with van der Waals surface area (Å²) in [5.41, 5.74) is 2.08. The monoisotopic (exact) mass is 240 g/mol. The van der Waals surface area contributed by atoms with Crippen LogP contribution in [0.3, 0.4) is 0 Å². The van der Waals surface area contributed by atoms with Crippen molar-refractivity contribution in [3.8, 4) is 0 Å². The molecule has 1 atom stereocenters. The molecule has 1 aromatic rings. The first-order chi connectivity index (χ1) is 7.25. The zero-order valence-corrected chi connectivity index (χ0v) is 10.1. The molecule has 16 heavy (non-hydrogen) atoms. The normalized spacial score (nSPS) is 18.9. The lowest BCUT2D eigenvalue weighted by molar-refractivity contribution is -0.117. The second-order valence-corrected chi connectivity index (χ2v) is 4.00. The van der Waals surface area contributed by atoms with Gasteiger partial charge < -0.3 is 10.6 Å². The zero-order valence-electron chi connectivity index (χ0n) is 9.32. The van der Waals surface area contributed by atoms with Crippen LogP contribution in [0.5, 0.6) is 0 Å². The van der Waals surface area contributed by atoms with Gasteiger partial charge in [0.05, 0.1) is 6.04 Å². The van der Waals surface area contributed by atoms with E-state index < -0.39 is 0 Å². The minimum Gasteiger partial charge on any atom is -0.325 e. The number of halogens is 1. The number of hydrogen-bond donors (Lipinski definition) is 2. The summed E-state index contributed by atoms with van der Waals surface area (Å²) in [6, 6.07) is 7.85. The zero-order chi connectivity index (χ0) is 10.7. The number of amides is 1. The van der Waals surface area contributed by atoms with Crippen molar-refractivity contribution in [2.45, 2.75) is 25.8 Å². The summed E-state index contributed by atoms with van der Waals surface area (Å²) in [7, 11) is 0. The van der Waals surface area contributed by atoms with E-state index in [1.54, 1.807) is 0 Å². The molecule has 3 nitrogen and oxygen atoms in total. The second kappa shape index (κ2) is 5.87. The van der Waals surface area contributed by atoms with Gasteiger partial charge in [-0.15, -0.1) is 12.4 Å². The molecular formula is C12H17ClN2O. The van der Waals surface area contributed by atoms with Gasteiger partial charge in [-0.2, -0.15) is 0 Å². The number of carbonyl (C=O) groups is 1. The van der Waals surface area contributed by atoms with Crippen molar-refractivity contribution < 1.29 is 4.79 Å². The lowest BCUT2D eigenvalue weighted by Crippen LogP contribution is -2.35. The lowest BCUT2D eigenvalue weighted by Gasteiger charge is -2.10. The number of nitrogens with one attached hydrogen (secondary N) is 2. The molecule has 0 radical (unpaired) electrons. The van der Waals surface area contributed by atoms with Gasteiger partial charge in [0.2, 0.25) is 5.91 Å².